The highest BCUT2D eigenvalue weighted by Gasteiger charge is 2.26. The SMILES string of the molecule is CC(C)(C)c1ccc(C(=O)N[C@@H](Cc2ccc(Br)cc2)C(=O)NS(C)(=O)=O)s1.CC(C)(C)c1ccc(C(=O)O)s1.CS(=O)(=O)NC(=O)[C@@H](N)Cc1ccc(Br)cc1.Cl. The highest BCUT2D eigenvalue weighted by molar-refractivity contribution is 9.10. The van der Waals surface area contributed by atoms with E-state index in [2.05, 4.69) is 78.7 Å². The summed E-state index contributed by atoms with van der Waals surface area (Å²) in [5.74, 6) is -2.72. The van der Waals surface area contributed by atoms with Crippen LogP contribution < -0.4 is 20.5 Å². The molecule has 3 amide bonds. The lowest BCUT2D eigenvalue weighted by atomic mass is 9.95. The van der Waals surface area contributed by atoms with Gasteiger partial charge in [-0.15, -0.1) is 35.1 Å². The van der Waals surface area contributed by atoms with Gasteiger partial charge in [0.05, 0.1) is 23.4 Å². The number of carboxylic acids is 1. The van der Waals surface area contributed by atoms with Crippen LogP contribution in [0.25, 0.3) is 0 Å². The van der Waals surface area contributed by atoms with Gasteiger partial charge in [-0.2, -0.15) is 0 Å². The number of thiophene rings is 2. The Morgan fingerprint density at radius 2 is 1.03 bits per heavy atom. The number of carboxylic acid groups (broad SMARTS) is 1. The zero-order valence-electron chi connectivity index (χ0n) is 33.1. The number of nitrogens with two attached hydrogens (primary N) is 1. The molecule has 58 heavy (non-hydrogen) atoms. The van der Waals surface area contributed by atoms with Crippen molar-refractivity contribution in [3.05, 3.63) is 112 Å². The summed E-state index contributed by atoms with van der Waals surface area (Å²) in [4.78, 5) is 50.1. The molecule has 0 spiro atoms. The number of amides is 3. The van der Waals surface area contributed by atoms with Crippen LogP contribution in [0.5, 0.6) is 0 Å². The Morgan fingerprint density at radius 1 is 0.655 bits per heavy atom. The first-order chi connectivity index (χ1) is 26.0. The maximum absolute atomic E-state index is 12.7. The van der Waals surface area contributed by atoms with Crippen LogP contribution in [0.15, 0.2) is 81.7 Å². The zero-order valence-corrected chi connectivity index (χ0v) is 40.3. The number of hydrogen-bond acceptors (Lipinski definition) is 11. The van der Waals surface area contributed by atoms with E-state index in [9.17, 15) is 36.0 Å². The van der Waals surface area contributed by atoms with Crippen molar-refractivity contribution < 1.29 is 41.1 Å². The summed E-state index contributed by atoms with van der Waals surface area (Å²) in [5, 5.41) is 11.3. The highest BCUT2D eigenvalue weighted by Crippen LogP contribution is 2.30. The maximum atomic E-state index is 12.7. The number of carbonyl (C=O) groups excluding carboxylic acids is 3. The van der Waals surface area contributed by atoms with E-state index in [0.717, 1.165) is 42.3 Å². The van der Waals surface area contributed by atoms with Crippen LogP contribution in [0.3, 0.4) is 0 Å². The second-order valence-electron chi connectivity index (χ2n) is 14.9. The minimum atomic E-state index is -3.74. The summed E-state index contributed by atoms with van der Waals surface area (Å²) in [7, 11) is -7.29. The van der Waals surface area contributed by atoms with E-state index < -0.39 is 55.8 Å². The number of halogens is 3. The first-order valence-corrected chi connectivity index (χ1v) is 24.1. The second-order valence-corrected chi connectivity index (χ2v) is 22.4. The average molecular weight is 1030 g/mol. The van der Waals surface area contributed by atoms with Crippen molar-refractivity contribution in [2.75, 3.05) is 12.5 Å². The van der Waals surface area contributed by atoms with Gasteiger partial charge >= 0.3 is 5.97 Å². The van der Waals surface area contributed by atoms with Crippen LogP contribution in [-0.4, -0.2) is 70.2 Å². The summed E-state index contributed by atoms with van der Waals surface area (Å²) in [6.07, 6.45) is 2.27. The molecular formula is C38H49Br2ClN4O9S4. The molecule has 0 saturated carbocycles. The molecule has 2 atom stereocenters. The second kappa shape index (κ2) is 22.4. The van der Waals surface area contributed by atoms with E-state index in [1.165, 1.54) is 22.7 Å². The maximum Gasteiger partial charge on any atom is 0.345 e. The third-order valence-corrected chi connectivity index (χ3v) is 12.6. The van der Waals surface area contributed by atoms with E-state index in [-0.39, 0.29) is 36.1 Å². The van der Waals surface area contributed by atoms with E-state index in [1.807, 2.05) is 58.0 Å². The molecule has 2 aromatic heterocycles. The lowest BCUT2D eigenvalue weighted by molar-refractivity contribution is -0.121. The predicted octanol–water partition coefficient (Wildman–Crippen LogP) is 6.79. The fraction of sp³-hybridized carbons (Fsp3) is 0.368. The van der Waals surface area contributed by atoms with Crippen molar-refractivity contribution >= 4 is 111 Å². The summed E-state index contributed by atoms with van der Waals surface area (Å²) in [6, 6.07) is 19.8. The predicted molar refractivity (Wildman–Crippen MR) is 241 cm³/mol. The van der Waals surface area contributed by atoms with E-state index in [0.29, 0.717) is 9.75 Å². The van der Waals surface area contributed by atoms with Crippen LogP contribution in [-0.2, 0) is 53.3 Å². The van der Waals surface area contributed by atoms with Gasteiger partial charge in [0.2, 0.25) is 20.0 Å². The number of sulfonamides is 2. The summed E-state index contributed by atoms with van der Waals surface area (Å²) in [6.45, 7) is 12.4. The van der Waals surface area contributed by atoms with E-state index in [1.54, 1.807) is 24.3 Å². The van der Waals surface area contributed by atoms with Crippen molar-refractivity contribution in [1.29, 1.82) is 0 Å². The van der Waals surface area contributed by atoms with Crippen LogP contribution in [0.4, 0.5) is 0 Å². The molecule has 20 heteroatoms. The Labute approximate surface area is 371 Å². The number of benzene rings is 2. The highest BCUT2D eigenvalue weighted by atomic mass is 79.9. The van der Waals surface area contributed by atoms with Crippen molar-refractivity contribution in [3.8, 4) is 0 Å². The largest absolute Gasteiger partial charge is 0.477 e. The molecule has 4 aromatic rings. The van der Waals surface area contributed by atoms with Crippen LogP contribution in [0, 0.1) is 0 Å². The molecular weight excluding hydrogens is 980 g/mol. The zero-order chi connectivity index (χ0) is 43.5. The third-order valence-electron chi connectivity index (χ3n) is 7.38. The molecule has 0 aliphatic rings. The van der Waals surface area contributed by atoms with E-state index in [4.69, 9.17) is 10.8 Å². The lowest BCUT2D eigenvalue weighted by Gasteiger charge is -2.18. The van der Waals surface area contributed by atoms with Crippen LogP contribution in [0.1, 0.15) is 81.8 Å². The summed E-state index contributed by atoms with van der Waals surface area (Å²) < 4.78 is 50.2. The van der Waals surface area contributed by atoms with Crippen molar-refractivity contribution in [2.24, 2.45) is 5.73 Å². The average Bonchev–Trinajstić information content (AvgIpc) is 3.77. The van der Waals surface area contributed by atoms with Crippen molar-refractivity contribution in [1.82, 2.24) is 14.8 Å². The van der Waals surface area contributed by atoms with Gasteiger partial charge in [0.25, 0.3) is 17.7 Å². The third kappa shape index (κ3) is 19.7. The van der Waals surface area contributed by atoms with Crippen molar-refractivity contribution in [2.45, 2.75) is 77.3 Å². The molecule has 4 rings (SSSR count). The van der Waals surface area contributed by atoms with Gasteiger partial charge in [-0.25, -0.2) is 21.6 Å². The first-order valence-electron chi connectivity index (χ1n) is 17.1. The molecule has 13 nitrogen and oxygen atoms in total. The fourth-order valence-electron chi connectivity index (χ4n) is 4.49. The number of hydrogen-bond donors (Lipinski definition) is 5. The molecule has 0 saturated heterocycles. The van der Waals surface area contributed by atoms with Gasteiger partial charge in [0.1, 0.15) is 10.9 Å². The molecule has 2 heterocycles. The van der Waals surface area contributed by atoms with Gasteiger partial charge in [0, 0.05) is 25.1 Å². The molecule has 0 radical (unpaired) electrons. The minimum absolute atomic E-state index is 0. The molecule has 0 fully saturated rings. The molecule has 0 aliphatic heterocycles. The normalized spacial score (nSPS) is 12.5. The Kier molecular flexibility index (Phi) is 20.4. The Hall–Kier alpha value is -3.17. The van der Waals surface area contributed by atoms with Crippen LogP contribution in [0.2, 0.25) is 0 Å². The summed E-state index contributed by atoms with van der Waals surface area (Å²) >= 11 is 9.34. The number of aromatic carboxylic acids is 1. The standard InChI is InChI=1S/C19H23BrN2O4S2.C10H13BrN2O3S.C9H12O2S.ClH/c1-19(2,3)16-10-9-15(27-16)18(24)21-14(17(23)22-28(4,25)26)11-12-5-7-13(20)8-6-12;1-17(15,16)13-10(14)9(12)6-7-2-4-8(11)5-3-7;1-9(2,3)7-5-4-6(12-7)8(10)11;/h5-10,14H,11H2,1-4H3,(H,21,24)(H,22,23);2-5,9H,6,12H2,1H3,(H,13,14);4-5H,1-3H3,(H,10,11);1H/t14-;9-;;/m00../s1. The molecule has 0 unspecified atom stereocenters. The molecule has 0 aliphatic carbocycles. The lowest BCUT2D eigenvalue weighted by Crippen LogP contribution is -2.49. The van der Waals surface area contributed by atoms with Crippen LogP contribution >= 0.6 is 66.9 Å². The van der Waals surface area contributed by atoms with Gasteiger partial charge in [-0.1, -0.05) is 97.7 Å². The van der Waals surface area contributed by atoms with E-state index >= 15 is 0 Å². The quantitative estimate of drug-likeness (QED) is 0.106. The molecule has 320 valence electrons. The van der Waals surface area contributed by atoms with Gasteiger partial charge in [-0.05, 0) is 76.9 Å². The molecule has 0 bridgehead atoms. The Morgan fingerprint density at radius 3 is 1.40 bits per heavy atom. The molecule has 2 aromatic carbocycles. The summed E-state index contributed by atoms with van der Waals surface area (Å²) in [5.41, 5.74) is 7.23. The van der Waals surface area contributed by atoms with Gasteiger partial charge in [0.15, 0.2) is 0 Å². The number of nitrogens with one attached hydrogen (secondary N) is 3. The smallest absolute Gasteiger partial charge is 0.345 e. The first kappa shape index (κ1) is 52.8. The van der Waals surface area contributed by atoms with Gasteiger partial charge in [-0.3, -0.25) is 23.8 Å². The number of carbonyl (C=O) groups is 4. The monoisotopic (exact) mass is 1030 g/mol. The Bertz CT molecular complexity index is 2230. The molecule has 6 N–H and O–H groups in total. The number of rotatable bonds is 11. The Balaban J connectivity index is 0.000000476. The minimum Gasteiger partial charge on any atom is -0.477 e. The topological polar surface area (TPSA) is 219 Å². The van der Waals surface area contributed by atoms with Crippen molar-refractivity contribution in [3.63, 3.8) is 0 Å². The van der Waals surface area contributed by atoms with Gasteiger partial charge < -0.3 is 16.2 Å². The fourth-order valence-corrected chi connectivity index (χ4v) is 7.92.